The van der Waals surface area contributed by atoms with Crippen LogP contribution in [-0.4, -0.2) is 61.2 Å². The maximum atomic E-state index is 12.8. The standard InChI is InChI=1S/C20H25BrClN3O5/c1-20(2,3)30-19(29)25-5-4-17(27)16(25)6-11(26)9-24-10-23-15-8-13(21)14(22)7-12(15)18(24)28/h7-8,10-11,16-17,26-27H,4-6,9H2,1-3H3/t11?,16-,17+/m1/s1. The highest BCUT2D eigenvalue weighted by Crippen LogP contribution is 2.27. The second-order valence-corrected chi connectivity index (χ2v) is 9.73. The van der Waals surface area contributed by atoms with Crippen molar-refractivity contribution in [2.24, 2.45) is 0 Å². The van der Waals surface area contributed by atoms with Gasteiger partial charge in [0.15, 0.2) is 0 Å². The Bertz CT molecular complexity index is 1010. The molecule has 30 heavy (non-hydrogen) atoms. The van der Waals surface area contributed by atoms with Crippen LogP contribution in [-0.2, 0) is 11.3 Å². The number of carbonyl (C=O) groups excluding carboxylic acids is 1. The van der Waals surface area contributed by atoms with Gasteiger partial charge in [0.1, 0.15) is 5.60 Å². The van der Waals surface area contributed by atoms with Crippen LogP contribution in [0.3, 0.4) is 0 Å². The summed E-state index contributed by atoms with van der Waals surface area (Å²) in [6.07, 6.45) is -0.398. The lowest BCUT2D eigenvalue weighted by Crippen LogP contribution is -2.44. The molecule has 0 saturated carbocycles. The van der Waals surface area contributed by atoms with Gasteiger partial charge in [0.2, 0.25) is 0 Å². The van der Waals surface area contributed by atoms with Gasteiger partial charge in [-0.1, -0.05) is 11.6 Å². The summed E-state index contributed by atoms with van der Waals surface area (Å²) >= 11 is 9.39. The number of rotatable bonds is 4. The number of hydrogen-bond acceptors (Lipinski definition) is 6. The van der Waals surface area contributed by atoms with Crippen LogP contribution in [0.1, 0.15) is 33.6 Å². The maximum Gasteiger partial charge on any atom is 0.410 e. The van der Waals surface area contributed by atoms with Crippen LogP contribution in [0.2, 0.25) is 5.02 Å². The van der Waals surface area contributed by atoms with Crippen molar-refractivity contribution in [2.75, 3.05) is 6.54 Å². The topological polar surface area (TPSA) is 105 Å². The minimum Gasteiger partial charge on any atom is -0.444 e. The summed E-state index contributed by atoms with van der Waals surface area (Å²) in [6, 6.07) is 2.60. The first-order valence-corrected chi connectivity index (χ1v) is 10.8. The van der Waals surface area contributed by atoms with E-state index in [2.05, 4.69) is 20.9 Å². The fourth-order valence-electron chi connectivity index (χ4n) is 3.53. The molecule has 3 rings (SSSR count). The van der Waals surface area contributed by atoms with E-state index in [1.54, 1.807) is 26.8 Å². The second-order valence-electron chi connectivity index (χ2n) is 8.47. The highest BCUT2D eigenvalue weighted by atomic mass is 79.9. The van der Waals surface area contributed by atoms with Crippen molar-refractivity contribution in [3.05, 3.63) is 38.3 Å². The molecule has 1 aromatic heterocycles. The molecule has 1 unspecified atom stereocenters. The molecular formula is C20H25BrClN3O5. The Labute approximate surface area is 187 Å². The highest BCUT2D eigenvalue weighted by molar-refractivity contribution is 9.10. The fourth-order valence-corrected chi connectivity index (χ4v) is 4.03. The molecule has 1 saturated heterocycles. The number of likely N-dealkylation sites (tertiary alicyclic amines) is 1. The van der Waals surface area contributed by atoms with E-state index in [4.69, 9.17) is 16.3 Å². The number of aliphatic hydroxyl groups is 2. The quantitative estimate of drug-likeness (QED) is 0.666. The van der Waals surface area contributed by atoms with Gasteiger partial charge in [-0.05, 0) is 61.7 Å². The second kappa shape index (κ2) is 8.82. The van der Waals surface area contributed by atoms with Crippen LogP contribution in [0.5, 0.6) is 0 Å². The first-order valence-electron chi connectivity index (χ1n) is 9.66. The molecule has 0 bridgehead atoms. The molecule has 1 aliphatic heterocycles. The van der Waals surface area contributed by atoms with E-state index in [0.717, 1.165) is 0 Å². The van der Waals surface area contributed by atoms with Gasteiger partial charge in [0.05, 0.1) is 47.0 Å². The van der Waals surface area contributed by atoms with Crippen molar-refractivity contribution in [2.45, 2.75) is 64.0 Å². The Hall–Kier alpha value is -1.68. The molecule has 10 heteroatoms. The molecule has 1 amide bonds. The number of halogens is 2. The Kier molecular flexibility index (Phi) is 6.76. The van der Waals surface area contributed by atoms with E-state index in [1.165, 1.54) is 21.9 Å². The van der Waals surface area contributed by atoms with Gasteiger partial charge >= 0.3 is 6.09 Å². The van der Waals surface area contributed by atoms with Crippen molar-refractivity contribution in [1.29, 1.82) is 0 Å². The summed E-state index contributed by atoms with van der Waals surface area (Å²) in [6.45, 7) is 5.63. The Morgan fingerprint density at radius 2 is 2.13 bits per heavy atom. The zero-order valence-corrected chi connectivity index (χ0v) is 19.4. The predicted octanol–water partition coefficient (Wildman–Crippen LogP) is 2.93. The van der Waals surface area contributed by atoms with Crippen molar-refractivity contribution in [1.82, 2.24) is 14.5 Å². The molecule has 1 aromatic carbocycles. The molecule has 0 radical (unpaired) electrons. The fraction of sp³-hybridized carbons (Fsp3) is 0.550. The van der Waals surface area contributed by atoms with Gasteiger partial charge in [-0.2, -0.15) is 0 Å². The number of ether oxygens (including phenoxy) is 1. The SMILES string of the molecule is CC(C)(C)OC(=O)N1CC[C@H](O)[C@H]1CC(O)Cn1cnc2cc(Br)c(Cl)cc2c1=O. The van der Waals surface area contributed by atoms with E-state index in [-0.39, 0.29) is 18.5 Å². The minimum absolute atomic E-state index is 0.0269. The molecule has 0 spiro atoms. The summed E-state index contributed by atoms with van der Waals surface area (Å²) in [5, 5.41) is 21.6. The number of benzene rings is 1. The molecule has 2 heterocycles. The normalized spacial score (nSPS) is 20.6. The van der Waals surface area contributed by atoms with Crippen LogP contribution in [0.4, 0.5) is 4.79 Å². The number of carbonyl (C=O) groups is 1. The van der Waals surface area contributed by atoms with Crippen LogP contribution in [0.25, 0.3) is 10.9 Å². The van der Waals surface area contributed by atoms with Gasteiger partial charge in [-0.25, -0.2) is 9.78 Å². The monoisotopic (exact) mass is 501 g/mol. The van der Waals surface area contributed by atoms with Gasteiger partial charge in [0, 0.05) is 11.0 Å². The van der Waals surface area contributed by atoms with E-state index in [9.17, 15) is 19.8 Å². The lowest BCUT2D eigenvalue weighted by molar-refractivity contribution is 0.00588. The molecule has 164 valence electrons. The summed E-state index contributed by atoms with van der Waals surface area (Å²) in [4.78, 5) is 30.9. The number of amides is 1. The lowest BCUT2D eigenvalue weighted by atomic mass is 10.0. The molecule has 2 aromatic rings. The number of nitrogens with zero attached hydrogens (tertiary/aromatic N) is 3. The minimum atomic E-state index is -0.976. The molecular weight excluding hydrogens is 478 g/mol. The number of hydrogen-bond donors (Lipinski definition) is 2. The van der Waals surface area contributed by atoms with E-state index < -0.39 is 29.9 Å². The van der Waals surface area contributed by atoms with Crippen molar-refractivity contribution >= 4 is 44.5 Å². The number of fused-ring (bicyclic) bond motifs is 1. The van der Waals surface area contributed by atoms with E-state index >= 15 is 0 Å². The zero-order valence-electron chi connectivity index (χ0n) is 17.0. The molecule has 1 fully saturated rings. The van der Waals surface area contributed by atoms with Crippen molar-refractivity contribution < 1.29 is 19.7 Å². The smallest absolute Gasteiger partial charge is 0.410 e. The largest absolute Gasteiger partial charge is 0.444 e. The summed E-state index contributed by atoms with van der Waals surface area (Å²) in [7, 11) is 0. The van der Waals surface area contributed by atoms with Gasteiger partial charge in [-0.3, -0.25) is 9.36 Å². The summed E-state index contributed by atoms with van der Waals surface area (Å²) in [5.74, 6) is 0. The highest BCUT2D eigenvalue weighted by Gasteiger charge is 2.39. The van der Waals surface area contributed by atoms with Gasteiger partial charge < -0.3 is 19.8 Å². The molecule has 2 N–H and O–H groups in total. The lowest BCUT2D eigenvalue weighted by Gasteiger charge is -2.30. The van der Waals surface area contributed by atoms with Crippen LogP contribution in [0, 0.1) is 0 Å². The zero-order chi connectivity index (χ0) is 22.2. The summed E-state index contributed by atoms with van der Waals surface area (Å²) in [5.41, 5.74) is -0.498. The van der Waals surface area contributed by atoms with Crippen molar-refractivity contribution in [3.8, 4) is 0 Å². The molecule has 0 aliphatic carbocycles. The summed E-state index contributed by atoms with van der Waals surface area (Å²) < 4.78 is 7.34. The molecule has 1 aliphatic rings. The Balaban J connectivity index is 1.75. The third kappa shape index (κ3) is 5.14. The van der Waals surface area contributed by atoms with Crippen LogP contribution in [0.15, 0.2) is 27.7 Å². The Morgan fingerprint density at radius 3 is 2.80 bits per heavy atom. The average molecular weight is 503 g/mol. The first kappa shape index (κ1) is 23.0. The molecule has 3 atom stereocenters. The first-order chi connectivity index (χ1) is 14.0. The van der Waals surface area contributed by atoms with Crippen LogP contribution >= 0.6 is 27.5 Å². The molecule has 8 nitrogen and oxygen atoms in total. The van der Waals surface area contributed by atoms with Gasteiger partial charge in [0.25, 0.3) is 5.56 Å². The third-order valence-corrected chi connectivity index (χ3v) is 6.12. The predicted molar refractivity (Wildman–Crippen MR) is 117 cm³/mol. The average Bonchev–Trinajstić information content (AvgIpc) is 2.98. The van der Waals surface area contributed by atoms with Gasteiger partial charge in [-0.15, -0.1) is 0 Å². The maximum absolute atomic E-state index is 12.8. The van der Waals surface area contributed by atoms with Crippen LogP contribution < -0.4 is 5.56 Å². The Morgan fingerprint density at radius 1 is 1.43 bits per heavy atom. The van der Waals surface area contributed by atoms with E-state index in [1.807, 2.05) is 0 Å². The van der Waals surface area contributed by atoms with Crippen molar-refractivity contribution in [3.63, 3.8) is 0 Å². The third-order valence-electron chi connectivity index (χ3n) is 4.93. The number of aliphatic hydroxyl groups excluding tert-OH is 2. The number of aromatic nitrogens is 2. The van der Waals surface area contributed by atoms with E-state index in [0.29, 0.717) is 33.4 Å².